The van der Waals surface area contributed by atoms with Crippen molar-refractivity contribution in [2.45, 2.75) is 32.6 Å². The molecule has 22 heavy (non-hydrogen) atoms. The van der Waals surface area contributed by atoms with Crippen LogP contribution in [0, 0.1) is 0 Å². The van der Waals surface area contributed by atoms with Crippen LogP contribution < -0.4 is 10.1 Å². The lowest BCUT2D eigenvalue weighted by Gasteiger charge is -2.13. The molecule has 0 aromatic heterocycles. The SMILES string of the molecule is CCOc1ccc(NC(=O)CCCN2C(=O)CCC2=O)cc1. The van der Waals surface area contributed by atoms with Crippen molar-refractivity contribution >= 4 is 23.4 Å². The Hall–Kier alpha value is -2.37. The summed E-state index contributed by atoms with van der Waals surface area (Å²) in [5, 5.41) is 2.78. The van der Waals surface area contributed by atoms with Gasteiger partial charge in [-0.2, -0.15) is 0 Å². The summed E-state index contributed by atoms with van der Waals surface area (Å²) in [7, 11) is 0. The van der Waals surface area contributed by atoms with Gasteiger partial charge in [0, 0.05) is 31.5 Å². The van der Waals surface area contributed by atoms with Gasteiger partial charge in [-0.15, -0.1) is 0 Å². The Morgan fingerprint density at radius 2 is 1.82 bits per heavy atom. The first-order chi connectivity index (χ1) is 10.6. The van der Waals surface area contributed by atoms with E-state index in [0.29, 0.717) is 25.3 Å². The monoisotopic (exact) mass is 304 g/mol. The second-order valence-corrected chi connectivity index (χ2v) is 5.05. The maximum absolute atomic E-state index is 11.8. The topological polar surface area (TPSA) is 75.7 Å². The van der Waals surface area contributed by atoms with Crippen LogP contribution in [0.1, 0.15) is 32.6 Å². The molecule has 1 saturated heterocycles. The summed E-state index contributed by atoms with van der Waals surface area (Å²) in [5.41, 5.74) is 0.696. The number of rotatable bonds is 7. The van der Waals surface area contributed by atoms with Gasteiger partial charge in [-0.25, -0.2) is 0 Å². The van der Waals surface area contributed by atoms with E-state index in [1.165, 1.54) is 4.90 Å². The van der Waals surface area contributed by atoms with E-state index in [1.807, 2.05) is 6.92 Å². The molecule has 2 rings (SSSR count). The molecule has 1 aliphatic rings. The smallest absolute Gasteiger partial charge is 0.229 e. The van der Waals surface area contributed by atoms with Crippen LogP contribution in [0.15, 0.2) is 24.3 Å². The Bertz CT molecular complexity index is 538. The van der Waals surface area contributed by atoms with Gasteiger partial charge in [-0.1, -0.05) is 0 Å². The standard InChI is InChI=1S/C16H20N2O4/c1-2-22-13-7-5-12(6-8-13)17-14(19)4-3-11-18-15(20)9-10-16(18)21/h5-8H,2-4,9-11H2,1H3,(H,17,19). The van der Waals surface area contributed by atoms with Crippen molar-refractivity contribution in [1.29, 1.82) is 0 Å². The molecule has 0 radical (unpaired) electrons. The lowest BCUT2D eigenvalue weighted by molar-refractivity contribution is -0.138. The van der Waals surface area contributed by atoms with Crippen LogP contribution in [-0.2, 0) is 14.4 Å². The summed E-state index contributed by atoms with van der Waals surface area (Å²) < 4.78 is 5.33. The number of nitrogens with zero attached hydrogens (tertiary/aromatic N) is 1. The van der Waals surface area contributed by atoms with Crippen molar-refractivity contribution < 1.29 is 19.1 Å². The molecule has 0 aliphatic carbocycles. The van der Waals surface area contributed by atoms with Gasteiger partial charge in [-0.3, -0.25) is 19.3 Å². The zero-order valence-electron chi connectivity index (χ0n) is 12.6. The molecule has 1 aromatic carbocycles. The summed E-state index contributed by atoms with van der Waals surface area (Å²) in [6.45, 7) is 2.82. The van der Waals surface area contributed by atoms with E-state index >= 15 is 0 Å². The molecule has 1 aliphatic heterocycles. The molecule has 1 aromatic rings. The third-order valence-corrected chi connectivity index (χ3v) is 3.39. The van der Waals surface area contributed by atoms with E-state index in [0.717, 1.165) is 5.75 Å². The third-order valence-electron chi connectivity index (χ3n) is 3.39. The van der Waals surface area contributed by atoms with Crippen LogP contribution in [-0.4, -0.2) is 35.8 Å². The molecular formula is C16H20N2O4. The zero-order valence-corrected chi connectivity index (χ0v) is 12.6. The average Bonchev–Trinajstić information content (AvgIpc) is 2.81. The quantitative estimate of drug-likeness (QED) is 0.781. The summed E-state index contributed by atoms with van der Waals surface area (Å²) in [6.07, 6.45) is 1.32. The second-order valence-electron chi connectivity index (χ2n) is 5.05. The number of carbonyl (C=O) groups excluding carboxylic acids is 3. The van der Waals surface area contributed by atoms with E-state index in [9.17, 15) is 14.4 Å². The molecule has 118 valence electrons. The zero-order chi connectivity index (χ0) is 15.9. The Morgan fingerprint density at radius 3 is 2.41 bits per heavy atom. The molecule has 0 spiro atoms. The van der Waals surface area contributed by atoms with Crippen molar-refractivity contribution in [3.05, 3.63) is 24.3 Å². The van der Waals surface area contributed by atoms with Crippen molar-refractivity contribution in [3.8, 4) is 5.75 Å². The molecule has 6 nitrogen and oxygen atoms in total. The highest BCUT2D eigenvalue weighted by Crippen LogP contribution is 2.16. The molecule has 3 amide bonds. The van der Waals surface area contributed by atoms with Crippen molar-refractivity contribution in [3.63, 3.8) is 0 Å². The maximum atomic E-state index is 11.8. The lowest BCUT2D eigenvalue weighted by atomic mass is 10.2. The predicted octanol–water partition coefficient (Wildman–Crippen LogP) is 1.95. The van der Waals surface area contributed by atoms with Crippen LogP contribution >= 0.6 is 0 Å². The fourth-order valence-corrected chi connectivity index (χ4v) is 2.29. The van der Waals surface area contributed by atoms with Crippen LogP contribution in [0.5, 0.6) is 5.75 Å². The minimum absolute atomic E-state index is 0.136. The Balaban J connectivity index is 1.73. The van der Waals surface area contributed by atoms with Gasteiger partial charge < -0.3 is 10.1 Å². The van der Waals surface area contributed by atoms with Crippen LogP contribution in [0.4, 0.5) is 5.69 Å². The van der Waals surface area contributed by atoms with E-state index < -0.39 is 0 Å². The van der Waals surface area contributed by atoms with Gasteiger partial charge in [0.1, 0.15) is 5.75 Å². The van der Waals surface area contributed by atoms with Gasteiger partial charge >= 0.3 is 0 Å². The minimum atomic E-state index is -0.142. The van der Waals surface area contributed by atoms with E-state index in [4.69, 9.17) is 4.74 Å². The van der Waals surface area contributed by atoms with Crippen molar-refractivity contribution in [1.82, 2.24) is 4.90 Å². The fraction of sp³-hybridized carbons (Fsp3) is 0.438. The number of anilines is 1. The van der Waals surface area contributed by atoms with Gasteiger partial charge in [0.2, 0.25) is 17.7 Å². The predicted molar refractivity (Wildman–Crippen MR) is 81.4 cm³/mol. The van der Waals surface area contributed by atoms with Crippen LogP contribution in [0.2, 0.25) is 0 Å². The molecule has 1 heterocycles. The van der Waals surface area contributed by atoms with Crippen LogP contribution in [0.3, 0.4) is 0 Å². The number of imide groups is 1. The van der Waals surface area contributed by atoms with E-state index in [2.05, 4.69) is 5.32 Å². The minimum Gasteiger partial charge on any atom is -0.494 e. The number of likely N-dealkylation sites (tertiary alicyclic amines) is 1. The normalized spacial score (nSPS) is 14.3. The number of carbonyl (C=O) groups is 3. The summed E-state index contributed by atoms with van der Waals surface area (Å²) in [5.74, 6) is 0.337. The summed E-state index contributed by atoms with van der Waals surface area (Å²) in [4.78, 5) is 35.9. The van der Waals surface area contributed by atoms with E-state index in [-0.39, 0.29) is 37.0 Å². The van der Waals surface area contributed by atoms with Crippen LogP contribution in [0.25, 0.3) is 0 Å². The highest BCUT2D eigenvalue weighted by molar-refractivity contribution is 6.02. The summed E-state index contributed by atoms with van der Waals surface area (Å²) in [6, 6.07) is 7.13. The Kier molecular flexibility index (Phi) is 5.52. The fourth-order valence-electron chi connectivity index (χ4n) is 2.29. The highest BCUT2D eigenvalue weighted by atomic mass is 16.5. The second kappa shape index (κ2) is 7.59. The maximum Gasteiger partial charge on any atom is 0.229 e. The molecule has 0 unspecified atom stereocenters. The average molecular weight is 304 g/mol. The van der Waals surface area contributed by atoms with Gasteiger partial charge in [0.05, 0.1) is 6.61 Å². The number of benzene rings is 1. The molecule has 1 N–H and O–H groups in total. The first kappa shape index (κ1) is 16.0. The van der Waals surface area contributed by atoms with Crippen molar-refractivity contribution in [2.75, 3.05) is 18.5 Å². The Morgan fingerprint density at radius 1 is 1.18 bits per heavy atom. The number of amides is 3. The molecular weight excluding hydrogens is 284 g/mol. The third kappa shape index (κ3) is 4.31. The number of nitrogens with one attached hydrogen (secondary N) is 1. The van der Waals surface area contributed by atoms with Gasteiger partial charge in [-0.05, 0) is 37.6 Å². The first-order valence-electron chi connectivity index (χ1n) is 7.46. The molecule has 1 fully saturated rings. The van der Waals surface area contributed by atoms with Crippen molar-refractivity contribution in [2.24, 2.45) is 0 Å². The summed E-state index contributed by atoms with van der Waals surface area (Å²) >= 11 is 0. The number of ether oxygens (including phenoxy) is 1. The lowest BCUT2D eigenvalue weighted by Crippen LogP contribution is -2.30. The Labute approximate surface area is 129 Å². The molecule has 0 saturated carbocycles. The number of hydrogen-bond donors (Lipinski definition) is 1. The number of hydrogen-bond acceptors (Lipinski definition) is 4. The van der Waals surface area contributed by atoms with Gasteiger partial charge in [0.15, 0.2) is 0 Å². The van der Waals surface area contributed by atoms with E-state index in [1.54, 1.807) is 24.3 Å². The highest BCUT2D eigenvalue weighted by Gasteiger charge is 2.28. The largest absolute Gasteiger partial charge is 0.494 e. The molecule has 0 bridgehead atoms. The first-order valence-corrected chi connectivity index (χ1v) is 7.46. The molecule has 6 heteroatoms. The van der Waals surface area contributed by atoms with Gasteiger partial charge in [0.25, 0.3) is 0 Å². The molecule has 0 atom stereocenters.